The molecule has 0 fully saturated rings. The maximum absolute atomic E-state index is 9.61. The quantitative estimate of drug-likeness (QED) is 0.493. The molecule has 1 atom stereocenters. The van der Waals surface area contributed by atoms with Gasteiger partial charge < -0.3 is 20.9 Å². The maximum atomic E-state index is 9.61. The number of nitrogens with two attached hydrogens (primary N) is 1. The zero-order valence-electron chi connectivity index (χ0n) is 8.01. The van der Waals surface area contributed by atoms with Crippen LogP contribution in [0.4, 0.5) is 0 Å². The summed E-state index contributed by atoms with van der Waals surface area (Å²) in [6.07, 6.45) is 0.241. The van der Waals surface area contributed by atoms with E-state index in [0.29, 0.717) is 5.56 Å². The highest BCUT2D eigenvalue weighted by Crippen LogP contribution is 2.22. The number of hydrogen-bond donors (Lipinski definition) is 4. The summed E-state index contributed by atoms with van der Waals surface area (Å²) in [5.74, 6) is -0.605. The molecule has 0 saturated carbocycles. The topological polar surface area (TPSA) is 86.7 Å². The first-order valence-corrected chi connectivity index (χ1v) is 4.41. The molecular formula is C9H14BNO3. The molecule has 0 bridgehead atoms. The van der Waals surface area contributed by atoms with E-state index in [1.54, 1.807) is 25.1 Å². The number of benzene rings is 1. The first-order chi connectivity index (χ1) is 6.52. The summed E-state index contributed by atoms with van der Waals surface area (Å²) in [6, 6.07) is 5.28. The predicted octanol–water partition coefficient (Wildman–Crippen LogP) is -0.418. The van der Waals surface area contributed by atoms with Crippen molar-refractivity contribution in [2.24, 2.45) is 5.73 Å². The maximum Gasteiger partial charge on any atom is 0.469 e. The lowest BCUT2D eigenvalue weighted by Crippen LogP contribution is -2.40. The van der Waals surface area contributed by atoms with Gasteiger partial charge in [0, 0.05) is 5.94 Å². The summed E-state index contributed by atoms with van der Waals surface area (Å²) < 4.78 is 0. The van der Waals surface area contributed by atoms with E-state index >= 15 is 0 Å². The molecule has 1 unspecified atom stereocenters. The molecule has 1 aromatic rings. The molecule has 5 N–H and O–H groups in total. The molecule has 14 heavy (non-hydrogen) atoms. The van der Waals surface area contributed by atoms with E-state index in [1.165, 1.54) is 0 Å². The van der Waals surface area contributed by atoms with E-state index in [2.05, 4.69) is 0 Å². The third kappa shape index (κ3) is 2.48. The van der Waals surface area contributed by atoms with Gasteiger partial charge in [-0.05, 0) is 24.5 Å². The fourth-order valence-corrected chi connectivity index (χ4v) is 1.24. The second-order valence-corrected chi connectivity index (χ2v) is 3.36. The van der Waals surface area contributed by atoms with Crippen molar-refractivity contribution >= 4 is 7.12 Å². The second kappa shape index (κ2) is 4.46. The highest BCUT2D eigenvalue weighted by atomic mass is 16.4. The molecule has 0 radical (unpaired) electrons. The van der Waals surface area contributed by atoms with Gasteiger partial charge in [-0.2, -0.15) is 0 Å². The van der Waals surface area contributed by atoms with Gasteiger partial charge in [-0.3, -0.25) is 0 Å². The highest BCUT2D eigenvalue weighted by Gasteiger charge is 2.20. The summed E-state index contributed by atoms with van der Waals surface area (Å²) >= 11 is 0. The van der Waals surface area contributed by atoms with Gasteiger partial charge in [-0.1, -0.05) is 18.2 Å². The largest absolute Gasteiger partial charge is 0.507 e. The average molecular weight is 195 g/mol. The SMILES string of the molecule is Cc1cccc(CC(N)B(O)O)c1O. The van der Waals surface area contributed by atoms with Gasteiger partial charge in [0.1, 0.15) is 5.75 Å². The summed E-state index contributed by atoms with van der Waals surface area (Å²) in [6.45, 7) is 1.78. The molecule has 0 saturated heterocycles. The molecule has 1 aromatic carbocycles. The smallest absolute Gasteiger partial charge is 0.469 e. The van der Waals surface area contributed by atoms with E-state index in [9.17, 15) is 5.11 Å². The Kier molecular flexibility index (Phi) is 3.52. The van der Waals surface area contributed by atoms with Gasteiger partial charge in [0.25, 0.3) is 0 Å². The van der Waals surface area contributed by atoms with Crippen LogP contribution < -0.4 is 5.73 Å². The summed E-state index contributed by atoms with van der Waals surface area (Å²) in [4.78, 5) is 0. The Morgan fingerprint density at radius 1 is 1.43 bits per heavy atom. The monoisotopic (exact) mass is 195 g/mol. The average Bonchev–Trinajstić information content (AvgIpc) is 2.12. The van der Waals surface area contributed by atoms with Crippen molar-refractivity contribution in [3.63, 3.8) is 0 Å². The third-order valence-electron chi connectivity index (χ3n) is 2.16. The van der Waals surface area contributed by atoms with Crippen LogP contribution in [0.5, 0.6) is 5.75 Å². The third-order valence-corrected chi connectivity index (χ3v) is 2.16. The van der Waals surface area contributed by atoms with Crippen molar-refractivity contribution in [1.29, 1.82) is 0 Å². The molecule has 0 spiro atoms. The Morgan fingerprint density at radius 3 is 2.64 bits per heavy atom. The molecule has 76 valence electrons. The van der Waals surface area contributed by atoms with Crippen LogP contribution in [-0.2, 0) is 6.42 Å². The Labute approximate surface area is 83.1 Å². The molecule has 0 aromatic heterocycles. The van der Waals surface area contributed by atoms with E-state index in [4.69, 9.17) is 15.8 Å². The molecule has 0 amide bonds. The number of rotatable bonds is 3. The predicted molar refractivity (Wildman–Crippen MR) is 54.7 cm³/mol. The van der Waals surface area contributed by atoms with E-state index in [0.717, 1.165) is 5.56 Å². The van der Waals surface area contributed by atoms with Crippen molar-refractivity contribution in [2.45, 2.75) is 19.3 Å². The van der Waals surface area contributed by atoms with Gasteiger partial charge in [0.2, 0.25) is 0 Å². The molecule has 0 aliphatic carbocycles. The van der Waals surface area contributed by atoms with Gasteiger partial charge in [-0.15, -0.1) is 0 Å². The highest BCUT2D eigenvalue weighted by molar-refractivity contribution is 6.43. The minimum atomic E-state index is -1.56. The lowest BCUT2D eigenvalue weighted by Gasteiger charge is -2.12. The standard InChI is InChI=1S/C9H14BNO3/c1-6-3-2-4-7(9(6)12)5-8(11)10(13)14/h2-4,8,12-14H,5,11H2,1H3. The van der Waals surface area contributed by atoms with Gasteiger partial charge in [0.05, 0.1) is 0 Å². The zero-order valence-corrected chi connectivity index (χ0v) is 8.01. The minimum absolute atomic E-state index is 0.170. The number of para-hydroxylation sites is 1. The summed E-state index contributed by atoms with van der Waals surface area (Å²) in [7, 11) is -1.56. The first-order valence-electron chi connectivity index (χ1n) is 4.41. The van der Waals surface area contributed by atoms with E-state index < -0.39 is 13.1 Å². The molecular weight excluding hydrogens is 181 g/mol. The minimum Gasteiger partial charge on any atom is -0.507 e. The van der Waals surface area contributed by atoms with Crippen LogP contribution in [0.3, 0.4) is 0 Å². The molecule has 0 aliphatic rings. The molecule has 5 heteroatoms. The fraction of sp³-hybridized carbons (Fsp3) is 0.333. The number of hydrogen-bond acceptors (Lipinski definition) is 4. The zero-order chi connectivity index (χ0) is 10.7. The van der Waals surface area contributed by atoms with E-state index in [1.807, 2.05) is 0 Å². The number of phenolic OH excluding ortho intramolecular Hbond substituents is 1. The molecule has 1 rings (SSSR count). The van der Waals surface area contributed by atoms with Crippen LogP contribution in [0, 0.1) is 6.92 Å². The second-order valence-electron chi connectivity index (χ2n) is 3.36. The van der Waals surface area contributed by atoms with Gasteiger partial charge >= 0.3 is 7.12 Å². The molecule has 4 nitrogen and oxygen atoms in total. The summed E-state index contributed by atoms with van der Waals surface area (Å²) in [5, 5.41) is 27.2. The van der Waals surface area contributed by atoms with Crippen molar-refractivity contribution in [3.8, 4) is 5.75 Å². The number of aromatic hydroxyl groups is 1. The van der Waals surface area contributed by atoms with Crippen LogP contribution in [0.2, 0.25) is 0 Å². The fourth-order valence-electron chi connectivity index (χ4n) is 1.24. The number of phenols is 1. The lowest BCUT2D eigenvalue weighted by atomic mass is 9.76. The van der Waals surface area contributed by atoms with Crippen molar-refractivity contribution < 1.29 is 15.2 Å². The van der Waals surface area contributed by atoms with E-state index in [-0.39, 0.29) is 12.2 Å². The molecule has 0 heterocycles. The first kappa shape index (κ1) is 11.0. The normalized spacial score (nSPS) is 12.6. The van der Waals surface area contributed by atoms with Crippen LogP contribution in [0.15, 0.2) is 18.2 Å². The number of aryl methyl sites for hydroxylation is 1. The van der Waals surface area contributed by atoms with Crippen LogP contribution in [-0.4, -0.2) is 28.2 Å². The lowest BCUT2D eigenvalue weighted by molar-refractivity contribution is 0.385. The summed E-state index contributed by atoms with van der Waals surface area (Å²) in [5.41, 5.74) is 6.84. The van der Waals surface area contributed by atoms with Crippen LogP contribution >= 0.6 is 0 Å². The Hall–Kier alpha value is -1.04. The Balaban J connectivity index is 2.82. The molecule has 0 aliphatic heterocycles. The van der Waals surface area contributed by atoms with Gasteiger partial charge in [0.15, 0.2) is 0 Å². The Bertz CT molecular complexity index is 317. The van der Waals surface area contributed by atoms with Crippen molar-refractivity contribution in [1.82, 2.24) is 0 Å². The van der Waals surface area contributed by atoms with Crippen LogP contribution in [0.1, 0.15) is 11.1 Å². The van der Waals surface area contributed by atoms with Gasteiger partial charge in [-0.25, -0.2) is 0 Å². The van der Waals surface area contributed by atoms with Crippen molar-refractivity contribution in [2.75, 3.05) is 0 Å². The Morgan fingerprint density at radius 2 is 2.07 bits per heavy atom. The van der Waals surface area contributed by atoms with Crippen molar-refractivity contribution in [3.05, 3.63) is 29.3 Å². The van der Waals surface area contributed by atoms with Crippen LogP contribution in [0.25, 0.3) is 0 Å².